The average Bonchev–Trinajstić information content (AvgIpc) is 2.97. The number of fused-ring (bicyclic) bond motifs is 5. The molecule has 0 aromatic heterocycles. The van der Waals surface area contributed by atoms with E-state index < -0.39 is 0 Å². The fraction of sp³-hybridized carbons (Fsp3) is 0.615. The van der Waals surface area contributed by atoms with Crippen molar-refractivity contribution in [3.05, 3.63) is 23.5 Å². The highest BCUT2D eigenvalue weighted by Crippen LogP contribution is 2.49. The van der Waals surface area contributed by atoms with E-state index in [0.29, 0.717) is 18.8 Å². The molecule has 2 bridgehead atoms. The molecule has 0 spiro atoms. The smallest absolute Gasteiger partial charge is 0.171 e. The first-order chi connectivity index (χ1) is 8.27. The van der Waals surface area contributed by atoms with Crippen LogP contribution in [-0.4, -0.2) is 38.3 Å². The average molecular weight is 236 g/mol. The lowest BCUT2D eigenvalue weighted by atomic mass is 9.84. The highest BCUT2D eigenvalue weighted by Gasteiger charge is 2.57. The lowest BCUT2D eigenvalue weighted by molar-refractivity contribution is -0.120. The Bertz CT molecular complexity index is 410. The monoisotopic (exact) mass is 236 g/mol. The number of hydrogen-bond donors (Lipinski definition) is 0. The Kier molecular flexibility index (Phi) is 2.56. The molecule has 0 amide bonds. The van der Waals surface area contributed by atoms with E-state index in [1.807, 2.05) is 19.1 Å². The van der Waals surface area contributed by atoms with E-state index in [-0.39, 0.29) is 29.8 Å². The fourth-order valence-corrected chi connectivity index (χ4v) is 3.08. The Morgan fingerprint density at radius 1 is 1.29 bits per heavy atom. The molecular weight excluding hydrogens is 220 g/mol. The van der Waals surface area contributed by atoms with Crippen molar-refractivity contribution in [1.82, 2.24) is 0 Å². The minimum atomic E-state index is -0.0864. The van der Waals surface area contributed by atoms with E-state index in [0.717, 1.165) is 5.76 Å². The number of carbonyl (C=O) groups is 1. The van der Waals surface area contributed by atoms with E-state index in [4.69, 9.17) is 14.2 Å². The lowest BCUT2D eigenvalue weighted by Crippen LogP contribution is -2.27. The Morgan fingerprint density at radius 2 is 2.00 bits per heavy atom. The molecule has 92 valence electrons. The summed E-state index contributed by atoms with van der Waals surface area (Å²) < 4.78 is 16.5. The molecule has 3 aliphatic rings. The minimum absolute atomic E-state index is 0.00450. The van der Waals surface area contributed by atoms with Gasteiger partial charge in [-0.2, -0.15) is 0 Å². The summed E-state index contributed by atoms with van der Waals surface area (Å²) in [6, 6.07) is 0. The summed E-state index contributed by atoms with van der Waals surface area (Å²) in [4.78, 5) is 12.3. The topological polar surface area (TPSA) is 44.8 Å². The lowest BCUT2D eigenvalue weighted by Gasteiger charge is -2.19. The molecule has 0 aromatic rings. The minimum Gasteiger partial charge on any atom is -0.497 e. The quantitative estimate of drug-likeness (QED) is 0.685. The molecule has 4 heteroatoms. The van der Waals surface area contributed by atoms with Crippen molar-refractivity contribution in [2.45, 2.75) is 19.1 Å². The van der Waals surface area contributed by atoms with Crippen molar-refractivity contribution in [2.24, 2.45) is 11.8 Å². The fourth-order valence-electron chi connectivity index (χ4n) is 3.08. The molecule has 1 fully saturated rings. The molecular formula is C13H16O4. The molecule has 17 heavy (non-hydrogen) atoms. The first-order valence-corrected chi connectivity index (χ1v) is 6.00. The first-order valence-electron chi connectivity index (χ1n) is 6.00. The third-order valence-electron chi connectivity index (χ3n) is 3.69. The van der Waals surface area contributed by atoms with Gasteiger partial charge in [-0.15, -0.1) is 0 Å². The highest BCUT2D eigenvalue weighted by atomic mass is 16.5. The normalized spacial score (nSPS) is 38.1. The molecule has 1 saturated heterocycles. The standard InChI is InChI=1S/C13H16O4/c1-3-16-13-7(6-15-2)12(14)10-8-4-5-9(17-8)11(10)13/h4-5,8-11H,3,6H2,1-2H3/t8-,9+,10-,11+/m0/s1. The number of ether oxygens (including phenoxy) is 3. The Morgan fingerprint density at radius 3 is 2.65 bits per heavy atom. The van der Waals surface area contributed by atoms with E-state index in [2.05, 4.69) is 0 Å². The molecule has 0 radical (unpaired) electrons. The van der Waals surface area contributed by atoms with Crippen LogP contribution in [0.5, 0.6) is 0 Å². The largest absolute Gasteiger partial charge is 0.497 e. The van der Waals surface area contributed by atoms with Gasteiger partial charge in [0.2, 0.25) is 0 Å². The van der Waals surface area contributed by atoms with Crippen LogP contribution in [0, 0.1) is 11.8 Å². The third kappa shape index (κ3) is 1.40. The number of rotatable bonds is 4. The van der Waals surface area contributed by atoms with Crippen LogP contribution in [0.3, 0.4) is 0 Å². The number of Topliss-reactive ketones (excluding diaryl/α,β-unsaturated/α-hetero) is 1. The van der Waals surface area contributed by atoms with Crippen LogP contribution in [0.25, 0.3) is 0 Å². The van der Waals surface area contributed by atoms with Crippen LogP contribution >= 0.6 is 0 Å². The zero-order valence-corrected chi connectivity index (χ0v) is 10.0. The van der Waals surface area contributed by atoms with Crippen LogP contribution in [-0.2, 0) is 19.0 Å². The molecule has 0 unspecified atom stereocenters. The summed E-state index contributed by atoms with van der Waals surface area (Å²) in [7, 11) is 1.60. The summed E-state index contributed by atoms with van der Waals surface area (Å²) in [5.41, 5.74) is 0.700. The van der Waals surface area contributed by atoms with Gasteiger partial charge in [0.15, 0.2) is 5.78 Å². The van der Waals surface area contributed by atoms with Gasteiger partial charge in [-0.1, -0.05) is 12.2 Å². The predicted molar refractivity (Wildman–Crippen MR) is 60.3 cm³/mol. The van der Waals surface area contributed by atoms with Crippen molar-refractivity contribution in [2.75, 3.05) is 20.3 Å². The third-order valence-corrected chi connectivity index (χ3v) is 3.69. The summed E-state index contributed by atoms with van der Waals surface area (Å²) in [6.45, 7) is 2.83. The number of methoxy groups -OCH3 is 1. The van der Waals surface area contributed by atoms with Crippen molar-refractivity contribution >= 4 is 5.78 Å². The van der Waals surface area contributed by atoms with Gasteiger partial charge in [-0.3, -0.25) is 4.79 Å². The summed E-state index contributed by atoms with van der Waals surface area (Å²) in [5.74, 6) is 0.914. The molecule has 4 atom stereocenters. The van der Waals surface area contributed by atoms with Crippen molar-refractivity contribution in [3.63, 3.8) is 0 Å². The summed E-state index contributed by atoms with van der Waals surface area (Å²) >= 11 is 0. The van der Waals surface area contributed by atoms with Gasteiger partial charge in [0.25, 0.3) is 0 Å². The molecule has 0 N–H and O–H groups in total. The van der Waals surface area contributed by atoms with Crippen molar-refractivity contribution in [1.29, 1.82) is 0 Å². The first kappa shape index (κ1) is 11.0. The van der Waals surface area contributed by atoms with Gasteiger partial charge in [0.1, 0.15) is 5.76 Å². The van der Waals surface area contributed by atoms with Gasteiger partial charge < -0.3 is 14.2 Å². The van der Waals surface area contributed by atoms with Crippen molar-refractivity contribution in [3.8, 4) is 0 Å². The molecule has 4 nitrogen and oxygen atoms in total. The number of ketones is 1. The predicted octanol–water partition coefficient (Wildman–Crippen LogP) is 1.08. The van der Waals surface area contributed by atoms with Gasteiger partial charge in [-0.25, -0.2) is 0 Å². The molecule has 0 aromatic carbocycles. The van der Waals surface area contributed by atoms with Gasteiger partial charge >= 0.3 is 0 Å². The van der Waals surface area contributed by atoms with E-state index in [1.54, 1.807) is 7.11 Å². The molecule has 3 rings (SSSR count). The second-order valence-electron chi connectivity index (χ2n) is 4.57. The Labute approximate surface area is 100 Å². The van der Waals surface area contributed by atoms with Gasteiger partial charge in [0.05, 0.1) is 42.8 Å². The van der Waals surface area contributed by atoms with E-state index >= 15 is 0 Å². The van der Waals surface area contributed by atoms with Gasteiger partial charge in [-0.05, 0) is 6.92 Å². The maximum absolute atomic E-state index is 12.3. The van der Waals surface area contributed by atoms with Crippen LogP contribution in [0.1, 0.15) is 6.92 Å². The van der Waals surface area contributed by atoms with Gasteiger partial charge in [0, 0.05) is 7.11 Å². The Balaban J connectivity index is 1.97. The number of carbonyl (C=O) groups excluding carboxylic acids is 1. The maximum Gasteiger partial charge on any atom is 0.171 e. The van der Waals surface area contributed by atoms with Crippen molar-refractivity contribution < 1.29 is 19.0 Å². The number of hydrogen-bond acceptors (Lipinski definition) is 4. The van der Waals surface area contributed by atoms with Crippen LogP contribution in [0.15, 0.2) is 23.5 Å². The molecule has 1 aliphatic carbocycles. The molecule has 2 aliphatic heterocycles. The summed E-state index contributed by atoms with van der Waals surface area (Å²) in [5, 5.41) is 0. The van der Waals surface area contributed by atoms with Crippen LogP contribution in [0.2, 0.25) is 0 Å². The van der Waals surface area contributed by atoms with E-state index in [1.165, 1.54) is 0 Å². The molecule has 0 saturated carbocycles. The zero-order chi connectivity index (χ0) is 12.0. The van der Waals surface area contributed by atoms with Crippen LogP contribution in [0.4, 0.5) is 0 Å². The highest BCUT2D eigenvalue weighted by molar-refractivity contribution is 6.02. The van der Waals surface area contributed by atoms with Crippen LogP contribution < -0.4 is 0 Å². The second kappa shape index (κ2) is 3.96. The molecule has 2 heterocycles. The zero-order valence-electron chi connectivity index (χ0n) is 10.0. The maximum atomic E-state index is 12.3. The Hall–Kier alpha value is -1.13. The summed E-state index contributed by atoms with van der Waals surface area (Å²) in [6.07, 6.45) is 3.96. The second-order valence-corrected chi connectivity index (χ2v) is 4.57. The van der Waals surface area contributed by atoms with E-state index in [9.17, 15) is 4.79 Å². The SMILES string of the molecule is CCOC1=C(COC)C(=O)[C@@H]2[C@H]1[C@H]1C=C[C@@H]2O1.